The molecule has 0 aliphatic heterocycles. The highest BCUT2D eigenvalue weighted by Gasteiger charge is 2.13. The van der Waals surface area contributed by atoms with Gasteiger partial charge in [0.2, 0.25) is 0 Å². The summed E-state index contributed by atoms with van der Waals surface area (Å²) in [6, 6.07) is 19.5. The van der Waals surface area contributed by atoms with Crippen molar-refractivity contribution < 1.29 is 8.95 Å². The molecule has 1 atom stereocenters. The van der Waals surface area contributed by atoms with Crippen LogP contribution >= 0.6 is 0 Å². The normalized spacial score (nSPS) is 14.3. The van der Waals surface area contributed by atoms with E-state index in [0.29, 0.717) is 18.9 Å². The van der Waals surface area contributed by atoms with Crippen molar-refractivity contribution in [2.45, 2.75) is 11.8 Å². The third-order valence-corrected chi connectivity index (χ3v) is 5.80. The standard InChI is InChI=1S/C19H23NO2S/c1-17(15-18-9-5-3-6-10-18)16-23(21,20-13-14-22-2)19-11-7-4-8-12-19/h3-12,15H,13-14,16H2,1-2H3/b17-15+. The first kappa shape index (κ1) is 17.4. The van der Waals surface area contributed by atoms with Gasteiger partial charge in [0.25, 0.3) is 0 Å². The molecule has 23 heavy (non-hydrogen) atoms. The maximum atomic E-state index is 13.4. The van der Waals surface area contributed by atoms with Gasteiger partial charge in [-0.2, -0.15) is 0 Å². The van der Waals surface area contributed by atoms with Crippen LogP contribution in [0, 0.1) is 0 Å². The van der Waals surface area contributed by atoms with Crippen LogP contribution in [0.3, 0.4) is 0 Å². The van der Waals surface area contributed by atoms with Crippen molar-refractivity contribution in [2.24, 2.45) is 4.36 Å². The number of ether oxygens (including phenoxy) is 1. The Morgan fingerprint density at radius 1 is 1.09 bits per heavy atom. The Kier molecular flexibility index (Phi) is 6.56. The molecule has 0 heterocycles. The summed E-state index contributed by atoms with van der Waals surface area (Å²) in [5.41, 5.74) is 2.16. The largest absolute Gasteiger partial charge is 0.383 e. The first-order chi connectivity index (χ1) is 11.1. The molecule has 0 aliphatic rings. The Balaban J connectivity index is 2.30. The minimum absolute atomic E-state index is 0.426. The van der Waals surface area contributed by atoms with Crippen LogP contribution in [0.4, 0.5) is 0 Å². The molecule has 0 aliphatic carbocycles. The first-order valence-corrected chi connectivity index (χ1v) is 9.29. The van der Waals surface area contributed by atoms with E-state index in [9.17, 15) is 4.21 Å². The van der Waals surface area contributed by atoms with Crippen molar-refractivity contribution >= 4 is 15.8 Å². The Morgan fingerprint density at radius 3 is 2.30 bits per heavy atom. The zero-order chi connectivity index (χ0) is 16.5. The molecule has 2 aromatic rings. The number of nitrogens with zero attached hydrogens (tertiary/aromatic N) is 1. The molecule has 2 aromatic carbocycles. The minimum Gasteiger partial charge on any atom is -0.383 e. The van der Waals surface area contributed by atoms with Gasteiger partial charge in [-0.15, -0.1) is 0 Å². The van der Waals surface area contributed by atoms with Crippen LogP contribution in [0.5, 0.6) is 0 Å². The summed E-state index contributed by atoms with van der Waals surface area (Å²) in [5, 5.41) is 0. The van der Waals surface area contributed by atoms with Crippen LogP contribution < -0.4 is 0 Å². The lowest BCUT2D eigenvalue weighted by atomic mass is 10.1. The van der Waals surface area contributed by atoms with E-state index in [1.54, 1.807) is 7.11 Å². The lowest BCUT2D eigenvalue weighted by Crippen LogP contribution is -2.10. The van der Waals surface area contributed by atoms with Crippen molar-refractivity contribution in [3.8, 4) is 0 Å². The average molecular weight is 329 g/mol. The summed E-state index contributed by atoms with van der Waals surface area (Å²) >= 11 is 0. The zero-order valence-corrected chi connectivity index (χ0v) is 14.5. The molecule has 122 valence electrons. The van der Waals surface area contributed by atoms with Crippen molar-refractivity contribution in [2.75, 3.05) is 26.0 Å². The number of hydrogen-bond acceptors (Lipinski definition) is 3. The molecule has 0 radical (unpaired) electrons. The molecular formula is C19H23NO2S. The van der Waals surface area contributed by atoms with Crippen LogP contribution in [0.25, 0.3) is 6.08 Å². The molecule has 0 fully saturated rings. The third-order valence-electron chi connectivity index (χ3n) is 3.34. The van der Waals surface area contributed by atoms with Crippen LogP contribution in [-0.2, 0) is 14.5 Å². The summed E-state index contributed by atoms with van der Waals surface area (Å²) in [6.07, 6.45) is 2.06. The first-order valence-electron chi connectivity index (χ1n) is 7.61. The fraction of sp³-hybridized carbons (Fsp3) is 0.263. The van der Waals surface area contributed by atoms with Gasteiger partial charge >= 0.3 is 0 Å². The highest BCUT2D eigenvalue weighted by molar-refractivity contribution is 7.93. The van der Waals surface area contributed by atoms with Gasteiger partial charge in [-0.3, -0.25) is 0 Å². The number of hydrogen-bond donors (Lipinski definition) is 0. The monoisotopic (exact) mass is 329 g/mol. The second-order valence-electron chi connectivity index (χ2n) is 5.34. The number of methoxy groups -OCH3 is 1. The van der Waals surface area contributed by atoms with Crippen LogP contribution in [0.1, 0.15) is 12.5 Å². The number of benzene rings is 2. The van der Waals surface area contributed by atoms with E-state index in [0.717, 1.165) is 16.0 Å². The summed E-state index contributed by atoms with van der Waals surface area (Å²) in [6.45, 7) is 2.91. The molecule has 3 nitrogen and oxygen atoms in total. The summed E-state index contributed by atoms with van der Waals surface area (Å²) in [5.74, 6) is 0.426. The van der Waals surface area contributed by atoms with E-state index in [1.165, 1.54) is 0 Å². The highest BCUT2D eigenvalue weighted by Crippen LogP contribution is 2.18. The Bertz CT molecular complexity index is 745. The Labute approximate surface area is 139 Å². The van der Waals surface area contributed by atoms with Crippen LogP contribution in [0.2, 0.25) is 0 Å². The molecule has 4 heteroatoms. The molecule has 0 bridgehead atoms. The van der Waals surface area contributed by atoms with Gasteiger partial charge in [-0.05, 0) is 24.6 Å². The van der Waals surface area contributed by atoms with Crippen molar-refractivity contribution in [3.05, 3.63) is 71.8 Å². The Morgan fingerprint density at radius 2 is 1.70 bits per heavy atom. The van der Waals surface area contributed by atoms with Gasteiger partial charge in [0.1, 0.15) is 0 Å². The second-order valence-corrected chi connectivity index (χ2v) is 7.64. The lowest BCUT2D eigenvalue weighted by Gasteiger charge is -2.11. The number of rotatable bonds is 7. The van der Waals surface area contributed by atoms with Gasteiger partial charge in [-0.1, -0.05) is 60.2 Å². The quantitative estimate of drug-likeness (QED) is 0.712. The molecule has 0 amide bonds. The molecule has 0 aromatic heterocycles. The van der Waals surface area contributed by atoms with Gasteiger partial charge < -0.3 is 4.74 Å². The second kappa shape index (κ2) is 8.65. The van der Waals surface area contributed by atoms with Gasteiger partial charge in [0, 0.05) is 12.0 Å². The molecule has 0 N–H and O–H groups in total. The summed E-state index contributed by atoms with van der Waals surface area (Å²) in [4.78, 5) is 0.775. The van der Waals surface area contributed by atoms with Crippen molar-refractivity contribution in [3.63, 3.8) is 0 Å². The smallest absolute Gasteiger partial charge is 0.0791 e. The van der Waals surface area contributed by atoms with Crippen LogP contribution in [-0.4, -0.2) is 30.2 Å². The van der Waals surface area contributed by atoms with E-state index >= 15 is 0 Å². The lowest BCUT2D eigenvalue weighted by molar-refractivity contribution is 0.208. The van der Waals surface area contributed by atoms with E-state index in [2.05, 4.69) is 10.4 Å². The average Bonchev–Trinajstić information content (AvgIpc) is 2.56. The third kappa shape index (κ3) is 5.34. The van der Waals surface area contributed by atoms with Crippen molar-refractivity contribution in [1.82, 2.24) is 0 Å². The van der Waals surface area contributed by atoms with E-state index in [4.69, 9.17) is 4.74 Å². The minimum atomic E-state index is -2.48. The predicted octanol–water partition coefficient (Wildman–Crippen LogP) is 4.26. The molecule has 2 rings (SSSR count). The van der Waals surface area contributed by atoms with Gasteiger partial charge in [-0.25, -0.2) is 8.57 Å². The summed E-state index contributed by atoms with van der Waals surface area (Å²) < 4.78 is 22.9. The molecule has 0 spiro atoms. The highest BCUT2D eigenvalue weighted by atomic mass is 32.2. The van der Waals surface area contributed by atoms with E-state index in [-0.39, 0.29) is 0 Å². The molecule has 1 unspecified atom stereocenters. The Hall–Kier alpha value is -1.91. The van der Waals surface area contributed by atoms with Gasteiger partial charge in [0.15, 0.2) is 0 Å². The maximum Gasteiger partial charge on any atom is 0.0791 e. The van der Waals surface area contributed by atoms with E-state index in [1.807, 2.05) is 67.6 Å². The van der Waals surface area contributed by atoms with Gasteiger partial charge in [0.05, 0.1) is 28.6 Å². The van der Waals surface area contributed by atoms with Crippen LogP contribution in [0.15, 0.2) is 75.5 Å². The predicted molar refractivity (Wildman–Crippen MR) is 97.0 cm³/mol. The molecule has 0 saturated carbocycles. The molecular weight excluding hydrogens is 306 g/mol. The van der Waals surface area contributed by atoms with Crippen molar-refractivity contribution in [1.29, 1.82) is 0 Å². The fourth-order valence-corrected chi connectivity index (χ4v) is 4.36. The fourth-order valence-electron chi connectivity index (χ4n) is 2.30. The SMILES string of the molecule is COCCN=S(=O)(C/C(C)=C/c1ccccc1)c1ccccc1. The molecule has 0 saturated heterocycles. The van der Waals surface area contributed by atoms with E-state index < -0.39 is 9.73 Å². The maximum absolute atomic E-state index is 13.4. The zero-order valence-electron chi connectivity index (χ0n) is 13.6. The topological polar surface area (TPSA) is 38.7 Å². The summed E-state index contributed by atoms with van der Waals surface area (Å²) in [7, 11) is -0.857.